The fraction of sp³-hybridized carbons (Fsp3) is 0.167. The van der Waals surface area contributed by atoms with Crippen molar-refractivity contribution in [3.05, 3.63) is 41.2 Å². The van der Waals surface area contributed by atoms with Crippen LogP contribution in [0.4, 0.5) is 0 Å². The summed E-state index contributed by atoms with van der Waals surface area (Å²) in [5, 5.41) is 0.413. The SMILES string of the molecule is NCCC=Cc1ccc2ncc(Cl)nc2c1. The van der Waals surface area contributed by atoms with E-state index in [1.165, 1.54) is 0 Å². The second-order valence-electron chi connectivity index (χ2n) is 3.42. The van der Waals surface area contributed by atoms with Gasteiger partial charge in [0.15, 0.2) is 0 Å². The Morgan fingerprint density at radius 3 is 3.00 bits per heavy atom. The van der Waals surface area contributed by atoms with Crippen molar-refractivity contribution in [3.63, 3.8) is 0 Å². The van der Waals surface area contributed by atoms with Crippen molar-refractivity contribution >= 4 is 28.7 Å². The van der Waals surface area contributed by atoms with Crippen molar-refractivity contribution < 1.29 is 0 Å². The molecule has 0 atom stereocenters. The Hall–Kier alpha value is -1.45. The fourth-order valence-electron chi connectivity index (χ4n) is 1.43. The summed E-state index contributed by atoms with van der Waals surface area (Å²) in [6.45, 7) is 0.662. The summed E-state index contributed by atoms with van der Waals surface area (Å²) in [6.07, 6.45) is 6.49. The fourth-order valence-corrected chi connectivity index (χ4v) is 1.57. The summed E-state index contributed by atoms with van der Waals surface area (Å²) >= 11 is 5.79. The highest BCUT2D eigenvalue weighted by molar-refractivity contribution is 6.29. The van der Waals surface area contributed by atoms with Crippen molar-refractivity contribution in [2.75, 3.05) is 6.54 Å². The van der Waals surface area contributed by atoms with Crippen LogP contribution in [0.5, 0.6) is 0 Å². The number of halogens is 1. The molecule has 2 N–H and O–H groups in total. The summed E-state index contributed by atoms with van der Waals surface area (Å²) in [5.74, 6) is 0. The minimum atomic E-state index is 0.413. The third-order valence-corrected chi connectivity index (χ3v) is 2.36. The summed E-state index contributed by atoms with van der Waals surface area (Å²) in [7, 11) is 0. The smallest absolute Gasteiger partial charge is 0.148 e. The molecule has 0 aliphatic rings. The molecule has 0 aliphatic heterocycles. The Kier molecular flexibility index (Phi) is 3.49. The maximum Gasteiger partial charge on any atom is 0.148 e. The number of aromatic nitrogens is 2. The summed E-state index contributed by atoms with van der Waals surface area (Å²) in [5.41, 5.74) is 8.15. The second-order valence-corrected chi connectivity index (χ2v) is 3.81. The predicted octanol–water partition coefficient (Wildman–Crippen LogP) is 2.65. The summed E-state index contributed by atoms with van der Waals surface area (Å²) < 4.78 is 0. The second kappa shape index (κ2) is 5.05. The Bertz CT molecular complexity index is 523. The molecule has 2 aromatic rings. The van der Waals surface area contributed by atoms with Gasteiger partial charge in [-0.2, -0.15) is 0 Å². The molecule has 1 aromatic carbocycles. The highest BCUT2D eigenvalue weighted by Gasteiger charge is 1.98. The molecule has 0 saturated carbocycles. The monoisotopic (exact) mass is 233 g/mol. The Labute approximate surface area is 99.0 Å². The molecule has 0 aliphatic carbocycles. The number of hydrogen-bond acceptors (Lipinski definition) is 3. The standard InChI is InChI=1S/C12H12ClN3/c13-12-8-15-10-5-4-9(3-1-2-6-14)7-11(10)16-12/h1,3-5,7-8H,2,6,14H2. The molecule has 0 fully saturated rings. The normalized spacial score (nSPS) is 11.4. The van der Waals surface area contributed by atoms with E-state index in [0.29, 0.717) is 11.7 Å². The molecule has 1 aromatic heterocycles. The van der Waals surface area contributed by atoms with Gasteiger partial charge in [-0.3, -0.25) is 4.98 Å². The lowest BCUT2D eigenvalue weighted by molar-refractivity contribution is 1.01. The van der Waals surface area contributed by atoms with Gasteiger partial charge < -0.3 is 5.73 Å². The van der Waals surface area contributed by atoms with E-state index in [-0.39, 0.29) is 0 Å². The third kappa shape index (κ3) is 2.56. The maximum atomic E-state index is 5.79. The molecular formula is C12H12ClN3. The van der Waals surface area contributed by atoms with Crippen molar-refractivity contribution in [1.29, 1.82) is 0 Å². The van der Waals surface area contributed by atoms with Gasteiger partial charge in [-0.25, -0.2) is 4.98 Å². The van der Waals surface area contributed by atoms with Crippen LogP contribution in [0.3, 0.4) is 0 Å². The van der Waals surface area contributed by atoms with Crippen LogP contribution in [0.1, 0.15) is 12.0 Å². The molecule has 0 unspecified atom stereocenters. The zero-order valence-corrected chi connectivity index (χ0v) is 9.48. The van der Waals surface area contributed by atoms with Crippen molar-refractivity contribution in [3.8, 4) is 0 Å². The largest absolute Gasteiger partial charge is 0.330 e. The Morgan fingerprint density at radius 1 is 1.31 bits per heavy atom. The van der Waals surface area contributed by atoms with Gasteiger partial charge in [-0.05, 0) is 30.7 Å². The van der Waals surface area contributed by atoms with Gasteiger partial charge in [0, 0.05) is 0 Å². The highest BCUT2D eigenvalue weighted by atomic mass is 35.5. The van der Waals surface area contributed by atoms with E-state index >= 15 is 0 Å². The van der Waals surface area contributed by atoms with Crippen LogP contribution in [-0.2, 0) is 0 Å². The molecule has 1 heterocycles. The number of nitrogens with zero attached hydrogens (tertiary/aromatic N) is 2. The number of hydrogen-bond donors (Lipinski definition) is 1. The van der Waals surface area contributed by atoms with Crippen LogP contribution in [0.15, 0.2) is 30.5 Å². The van der Waals surface area contributed by atoms with Gasteiger partial charge in [0.2, 0.25) is 0 Å². The minimum absolute atomic E-state index is 0.413. The van der Waals surface area contributed by atoms with Gasteiger partial charge in [-0.1, -0.05) is 29.8 Å². The summed E-state index contributed by atoms with van der Waals surface area (Å²) in [6, 6.07) is 5.89. The van der Waals surface area contributed by atoms with Crippen molar-refractivity contribution in [2.45, 2.75) is 6.42 Å². The first-order valence-corrected chi connectivity index (χ1v) is 5.46. The van der Waals surface area contributed by atoms with E-state index in [2.05, 4.69) is 9.97 Å². The third-order valence-electron chi connectivity index (χ3n) is 2.18. The van der Waals surface area contributed by atoms with Gasteiger partial charge in [0.1, 0.15) is 5.15 Å². The first-order chi connectivity index (χ1) is 7.79. The van der Waals surface area contributed by atoms with Crippen molar-refractivity contribution in [2.24, 2.45) is 5.73 Å². The van der Waals surface area contributed by atoms with Crippen LogP contribution in [0, 0.1) is 0 Å². The van der Waals surface area contributed by atoms with E-state index in [4.69, 9.17) is 17.3 Å². The molecule has 2 rings (SSSR count). The molecule has 0 spiro atoms. The molecule has 3 nitrogen and oxygen atoms in total. The van der Waals surface area contributed by atoms with E-state index in [9.17, 15) is 0 Å². The topological polar surface area (TPSA) is 51.8 Å². The maximum absolute atomic E-state index is 5.79. The van der Waals surface area contributed by atoms with E-state index in [1.54, 1.807) is 6.20 Å². The number of fused-ring (bicyclic) bond motifs is 1. The van der Waals surface area contributed by atoms with E-state index in [1.807, 2.05) is 30.4 Å². The van der Waals surface area contributed by atoms with Gasteiger partial charge in [-0.15, -0.1) is 0 Å². The van der Waals surface area contributed by atoms with E-state index in [0.717, 1.165) is 23.0 Å². The average Bonchev–Trinajstić information content (AvgIpc) is 2.29. The van der Waals surface area contributed by atoms with Crippen LogP contribution in [0.25, 0.3) is 17.1 Å². The molecule has 4 heteroatoms. The molecule has 16 heavy (non-hydrogen) atoms. The quantitative estimate of drug-likeness (QED) is 0.887. The molecular weight excluding hydrogens is 222 g/mol. The highest BCUT2D eigenvalue weighted by Crippen LogP contribution is 2.15. The van der Waals surface area contributed by atoms with Gasteiger partial charge in [0.25, 0.3) is 0 Å². The first kappa shape index (κ1) is 11.0. The Morgan fingerprint density at radius 2 is 2.19 bits per heavy atom. The van der Waals surface area contributed by atoms with Crippen LogP contribution in [-0.4, -0.2) is 16.5 Å². The lowest BCUT2D eigenvalue weighted by Gasteiger charge is -1.98. The first-order valence-electron chi connectivity index (χ1n) is 5.08. The molecule has 0 amide bonds. The Balaban J connectivity index is 2.35. The molecule has 0 saturated heterocycles. The summed E-state index contributed by atoms with van der Waals surface area (Å²) in [4.78, 5) is 8.39. The predicted molar refractivity (Wildman–Crippen MR) is 67.3 cm³/mol. The lowest BCUT2D eigenvalue weighted by Crippen LogP contribution is -1.94. The van der Waals surface area contributed by atoms with Crippen LogP contribution >= 0.6 is 11.6 Å². The average molecular weight is 234 g/mol. The van der Waals surface area contributed by atoms with Gasteiger partial charge in [0.05, 0.1) is 17.2 Å². The molecule has 82 valence electrons. The zero-order valence-electron chi connectivity index (χ0n) is 8.73. The van der Waals surface area contributed by atoms with Crippen molar-refractivity contribution in [1.82, 2.24) is 9.97 Å². The van der Waals surface area contributed by atoms with Gasteiger partial charge >= 0.3 is 0 Å². The van der Waals surface area contributed by atoms with Crippen LogP contribution < -0.4 is 5.73 Å². The molecule has 0 bridgehead atoms. The van der Waals surface area contributed by atoms with Crippen LogP contribution in [0.2, 0.25) is 5.15 Å². The number of benzene rings is 1. The molecule has 0 radical (unpaired) electrons. The van der Waals surface area contributed by atoms with E-state index < -0.39 is 0 Å². The number of nitrogens with two attached hydrogens (primary N) is 1. The lowest BCUT2D eigenvalue weighted by atomic mass is 10.1. The minimum Gasteiger partial charge on any atom is -0.330 e. The number of rotatable bonds is 3. The zero-order chi connectivity index (χ0) is 11.4.